The lowest BCUT2D eigenvalue weighted by molar-refractivity contribution is 0.471. The van der Waals surface area contributed by atoms with E-state index in [4.69, 9.17) is 11.6 Å². The van der Waals surface area contributed by atoms with Crippen LogP contribution in [0.3, 0.4) is 0 Å². The molecule has 0 fully saturated rings. The Morgan fingerprint density at radius 2 is 2.14 bits per heavy atom. The minimum atomic E-state index is -0.537. The largest absolute Gasteiger partial charge is 0.503 e. The lowest BCUT2D eigenvalue weighted by Gasteiger charge is -2.08. The van der Waals surface area contributed by atoms with Crippen LogP contribution >= 0.6 is 11.6 Å². The molecular formula is C14H11ClFN3O2. The van der Waals surface area contributed by atoms with Crippen molar-refractivity contribution in [3.05, 3.63) is 45.0 Å². The number of hydrogen-bond donors (Lipinski definition) is 2. The van der Waals surface area contributed by atoms with Crippen LogP contribution in [0.5, 0.6) is 5.75 Å². The molecule has 0 aliphatic carbocycles. The number of fused-ring (bicyclic) bond motifs is 1. The second-order valence-electron chi connectivity index (χ2n) is 4.73. The van der Waals surface area contributed by atoms with Crippen molar-refractivity contribution in [1.82, 2.24) is 14.8 Å². The molecule has 108 valence electrons. The van der Waals surface area contributed by atoms with Crippen molar-refractivity contribution in [3.8, 4) is 17.0 Å². The summed E-state index contributed by atoms with van der Waals surface area (Å²) in [6.07, 6.45) is 0. The van der Waals surface area contributed by atoms with Crippen LogP contribution in [-0.2, 0) is 7.05 Å². The Morgan fingerprint density at radius 3 is 2.81 bits per heavy atom. The Labute approximate surface area is 123 Å². The molecule has 3 rings (SSSR count). The summed E-state index contributed by atoms with van der Waals surface area (Å²) in [5, 5.41) is 14.7. The van der Waals surface area contributed by atoms with Gasteiger partial charge in [-0.25, -0.2) is 4.39 Å². The van der Waals surface area contributed by atoms with Gasteiger partial charge in [0.05, 0.1) is 21.8 Å². The van der Waals surface area contributed by atoms with E-state index in [1.807, 2.05) is 0 Å². The molecule has 0 radical (unpaired) electrons. The molecule has 0 atom stereocenters. The fourth-order valence-electron chi connectivity index (χ4n) is 2.37. The first-order chi connectivity index (χ1) is 9.90. The standard InChI is InChI=1S/C14H11ClFN3O2/c1-6-10-12(20)13(21)11(17-14(10)19(2)18-6)8-4-3-7(16)5-9(8)15/h3-5,21H,1-2H3,(H,17,20). The number of nitrogens with one attached hydrogen (secondary N) is 1. The van der Waals surface area contributed by atoms with Crippen molar-refractivity contribution >= 4 is 22.6 Å². The lowest BCUT2D eigenvalue weighted by atomic mass is 10.1. The number of nitrogens with zero attached hydrogens (tertiary/aromatic N) is 2. The number of H-pyrrole nitrogens is 1. The van der Waals surface area contributed by atoms with Crippen LogP contribution in [0, 0.1) is 12.7 Å². The van der Waals surface area contributed by atoms with E-state index in [0.717, 1.165) is 6.07 Å². The molecule has 1 aromatic carbocycles. The van der Waals surface area contributed by atoms with Gasteiger partial charge in [0.1, 0.15) is 11.5 Å². The van der Waals surface area contributed by atoms with Crippen LogP contribution in [0.25, 0.3) is 22.3 Å². The zero-order valence-electron chi connectivity index (χ0n) is 11.2. The highest BCUT2D eigenvalue weighted by Gasteiger charge is 2.19. The summed E-state index contributed by atoms with van der Waals surface area (Å²) in [5.74, 6) is -0.963. The van der Waals surface area contributed by atoms with Gasteiger partial charge in [-0.15, -0.1) is 0 Å². The molecule has 0 amide bonds. The third kappa shape index (κ3) is 1.99. The number of aromatic nitrogens is 3. The third-order valence-corrected chi connectivity index (χ3v) is 3.66. The number of benzene rings is 1. The normalized spacial score (nSPS) is 11.2. The van der Waals surface area contributed by atoms with Crippen LogP contribution in [0.2, 0.25) is 5.02 Å². The topological polar surface area (TPSA) is 70.9 Å². The number of aryl methyl sites for hydroxylation is 2. The molecule has 7 heteroatoms. The van der Waals surface area contributed by atoms with E-state index < -0.39 is 17.0 Å². The van der Waals surface area contributed by atoms with E-state index in [9.17, 15) is 14.3 Å². The lowest BCUT2D eigenvalue weighted by Crippen LogP contribution is -2.06. The number of halogens is 2. The Morgan fingerprint density at radius 1 is 1.43 bits per heavy atom. The Bertz CT molecular complexity index is 930. The van der Waals surface area contributed by atoms with E-state index in [0.29, 0.717) is 22.3 Å². The van der Waals surface area contributed by atoms with Crippen molar-refractivity contribution in [2.24, 2.45) is 7.05 Å². The molecule has 0 spiro atoms. The zero-order valence-corrected chi connectivity index (χ0v) is 12.0. The molecule has 2 aromatic heterocycles. The summed E-state index contributed by atoms with van der Waals surface area (Å²) >= 11 is 5.99. The molecule has 0 bridgehead atoms. The number of aromatic hydroxyl groups is 1. The smallest absolute Gasteiger partial charge is 0.235 e. The van der Waals surface area contributed by atoms with E-state index >= 15 is 0 Å². The molecular weight excluding hydrogens is 297 g/mol. The van der Waals surface area contributed by atoms with Crippen molar-refractivity contribution in [2.45, 2.75) is 6.92 Å². The molecule has 3 aromatic rings. The summed E-state index contributed by atoms with van der Waals surface area (Å²) in [6.45, 7) is 1.68. The highest BCUT2D eigenvalue weighted by atomic mass is 35.5. The van der Waals surface area contributed by atoms with E-state index in [1.54, 1.807) is 14.0 Å². The first kappa shape index (κ1) is 13.6. The first-order valence-electron chi connectivity index (χ1n) is 6.14. The van der Waals surface area contributed by atoms with Crippen molar-refractivity contribution in [1.29, 1.82) is 0 Å². The van der Waals surface area contributed by atoms with Crippen LogP contribution in [0.4, 0.5) is 4.39 Å². The molecule has 5 nitrogen and oxygen atoms in total. The van der Waals surface area contributed by atoms with E-state index in [1.165, 1.54) is 16.8 Å². The van der Waals surface area contributed by atoms with Gasteiger partial charge in [0, 0.05) is 12.6 Å². The summed E-state index contributed by atoms with van der Waals surface area (Å²) in [4.78, 5) is 15.2. The van der Waals surface area contributed by atoms with Gasteiger partial charge in [-0.3, -0.25) is 9.48 Å². The number of hydrogen-bond acceptors (Lipinski definition) is 3. The summed E-state index contributed by atoms with van der Waals surface area (Å²) in [5.41, 5.74) is 0.921. The minimum Gasteiger partial charge on any atom is -0.503 e. The maximum Gasteiger partial charge on any atom is 0.235 e. The maximum absolute atomic E-state index is 13.1. The molecule has 0 saturated heterocycles. The monoisotopic (exact) mass is 307 g/mol. The second-order valence-corrected chi connectivity index (χ2v) is 5.14. The Balaban J connectivity index is 2.41. The summed E-state index contributed by atoms with van der Waals surface area (Å²) < 4.78 is 14.6. The SMILES string of the molecule is Cc1nn(C)c2[nH]c(-c3ccc(F)cc3Cl)c(O)c(=O)c12. The molecule has 0 aliphatic rings. The first-order valence-corrected chi connectivity index (χ1v) is 6.52. The number of rotatable bonds is 1. The molecule has 2 N–H and O–H groups in total. The quantitative estimate of drug-likeness (QED) is 0.726. The predicted molar refractivity (Wildman–Crippen MR) is 78.1 cm³/mol. The Hall–Kier alpha value is -2.34. The van der Waals surface area contributed by atoms with Gasteiger partial charge in [-0.1, -0.05) is 11.6 Å². The molecule has 0 saturated carbocycles. The van der Waals surface area contributed by atoms with Crippen molar-refractivity contribution < 1.29 is 9.50 Å². The van der Waals surface area contributed by atoms with Gasteiger partial charge in [0.2, 0.25) is 5.43 Å². The highest BCUT2D eigenvalue weighted by Crippen LogP contribution is 2.32. The zero-order chi connectivity index (χ0) is 15.3. The van der Waals surface area contributed by atoms with Gasteiger partial charge in [-0.05, 0) is 25.1 Å². The van der Waals surface area contributed by atoms with Gasteiger partial charge >= 0.3 is 0 Å². The average molecular weight is 308 g/mol. The van der Waals surface area contributed by atoms with Gasteiger partial charge in [0.15, 0.2) is 5.75 Å². The average Bonchev–Trinajstić information content (AvgIpc) is 2.69. The minimum absolute atomic E-state index is 0.0965. The molecule has 0 unspecified atom stereocenters. The summed E-state index contributed by atoms with van der Waals surface area (Å²) in [6, 6.07) is 3.72. The predicted octanol–water partition coefficient (Wildman–Crippen LogP) is 2.74. The summed E-state index contributed by atoms with van der Waals surface area (Å²) in [7, 11) is 1.68. The maximum atomic E-state index is 13.1. The van der Waals surface area contributed by atoms with E-state index in [-0.39, 0.29) is 10.7 Å². The molecule has 2 heterocycles. The number of aromatic amines is 1. The highest BCUT2D eigenvalue weighted by molar-refractivity contribution is 6.33. The van der Waals surface area contributed by atoms with Gasteiger partial charge < -0.3 is 10.1 Å². The van der Waals surface area contributed by atoms with Gasteiger partial charge in [-0.2, -0.15) is 5.10 Å². The van der Waals surface area contributed by atoms with Crippen LogP contribution in [-0.4, -0.2) is 19.9 Å². The molecule has 0 aliphatic heterocycles. The van der Waals surface area contributed by atoms with Crippen LogP contribution in [0.15, 0.2) is 23.0 Å². The van der Waals surface area contributed by atoms with Crippen LogP contribution < -0.4 is 5.43 Å². The second kappa shape index (κ2) is 4.60. The fraction of sp³-hybridized carbons (Fsp3) is 0.143. The molecule has 21 heavy (non-hydrogen) atoms. The number of pyridine rings is 1. The van der Waals surface area contributed by atoms with Crippen LogP contribution in [0.1, 0.15) is 5.69 Å². The fourth-order valence-corrected chi connectivity index (χ4v) is 2.63. The van der Waals surface area contributed by atoms with E-state index in [2.05, 4.69) is 10.1 Å². The van der Waals surface area contributed by atoms with Gasteiger partial charge in [0.25, 0.3) is 0 Å². The Kier molecular flexibility index (Phi) is 2.98. The third-order valence-electron chi connectivity index (χ3n) is 3.35. The van der Waals surface area contributed by atoms with Crippen molar-refractivity contribution in [2.75, 3.05) is 0 Å². The van der Waals surface area contributed by atoms with Crippen molar-refractivity contribution in [3.63, 3.8) is 0 Å².